The van der Waals surface area contributed by atoms with E-state index in [4.69, 9.17) is 0 Å². The third-order valence-corrected chi connectivity index (χ3v) is 6.65. The molecule has 2 aromatic carbocycles. The summed E-state index contributed by atoms with van der Waals surface area (Å²) in [6, 6.07) is 17.2. The molecule has 1 heterocycles. The normalized spacial score (nSPS) is 25.8. The number of Topliss-reactive ketones (excluding diaryl/α,β-unsaturated/α-hetero) is 1. The van der Waals surface area contributed by atoms with E-state index in [-0.39, 0.29) is 11.5 Å². The van der Waals surface area contributed by atoms with E-state index in [1.807, 2.05) is 11.8 Å². The van der Waals surface area contributed by atoms with Gasteiger partial charge in [0.2, 0.25) is 0 Å². The number of phenols is 1. The van der Waals surface area contributed by atoms with Crippen molar-refractivity contribution in [2.75, 3.05) is 19.6 Å². The maximum atomic E-state index is 12.4. The fourth-order valence-electron chi connectivity index (χ4n) is 4.20. The highest BCUT2D eigenvalue weighted by Crippen LogP contribution is 2.44. The number of rotatable bonds is 5. The van der Waals surface area contributed by atoms with Crippen molar-refractivity contribution in [3.05, 3.63) is 60.2 Å². The number of hydrogen-bond acceptors (Lipinski definition) is 4. The first-order valence-electron chi connectivity index (χ1n) is 8.93. The molecule has 0 spiro atoms. The van der Waals surface area contributed by atoms with Gasteiger partial charge in [-0.15, -0.1) is 11.8 Å². The van der Waals surface area contributed by atoms with Crippen LogP contribution in [0.1, 0.15) is 23.2 Å². The van der Waals surface area contributed by atoms with Crippen LogP contribution >= 0.6 is 11.8 Å². The minimum absolute atomic E-state index is 0.148. The molecule has 1 aliphatic carbocycles. The number of fused-ring (bicyclic) bond motifs is 1. The van der Waals surface area contributed by atoms with Gasteiger partial charge in [-0.2, -0.15) is 0 Å². The quantitative estimate of drug-likeness (QED) is 0.823. The molecule has 0 radical (unpaired) electrons. The second-order valence-electron chi connectivity index (χ2n) is 7.21. The second kappa shape index (κ2) is 7.22. The predicted molar refractivity (Wildman–Crippen MR) is 101 cm³/mol. The molecular weight excluding hydrogens is 330 g/mol. The van der Waals surface area contributed by atoms with Gasteiger partial charge in [-0.1, -0.05) is 18.2 Å². The van der Waals surface area contributed by atoms with Gasteiger partial charge in [0.05, 0.1) is 6.54 Å². The lowest BCUT2D eigenvalue weighted by molar-refractivity contribution is 0.0941. The molecule has 130 valence electrons. The molecule has 25 heavy (non-hydrogen) atoms. The molecule has 1 aliphatic heterocycles. The standard InChI is InChI=1S/C21H23NO2S/c23-18-8-6-15(7-9-18)21(24)14-22-12-16-10-20(11-17(16)13-22)25-19-4-2-1-3-5-19/h1-9,16-17,20,23H,10-14H2/t16-,17?,20?/m1/s1. The van der Waals surface area contributed by atoms with Gasteiger partial charge < -0.3 is 5.11 Å². The van der Waals surface area contributed by atoms with Crippen LogP contribution in [0.2, 0.25) is 0 Å². The molecule has 4 heteroatoms. The first kappa shape index (κ1) is 16.7. The van der Waals surface area contributed by atoms with E-state index in [1.54, 1.807) is 24.3 Å². The fraction of sp³-hybridized carbons (Fsp3) is 0.381. The lowest BCUT2D eigenvalue weighted by Crippen LogP contribution is -2.29. The molecule has 3 nitrogen and oxygen atoms in total. The molecule has 0 amide bonds. The molecule has 1 saturated heterocycles. The zero-order valence-electron chi connectivity index (χ0n) is 14.2. The summed E-state index contributed by atoms with van der Waals surface area (Å²) < 4.78 is 0. The molecule has 2 unspecified atom stereocenters. The molecule has 3 atom stereocenters. The van der Waals surface area contributed by atoms with Crippen LogP contribution in [0.25, 0.3) is 0 Å². The van der Waals surface area contributed by atoms with E-state index in [9.17, 15) is 9.90 Å². The van der Waals surface area contributed by atoms with E-state index >= 15 is 0 Å². The Balaban J connectivity index is 1.29. The Labute approximate surface area is 153 Å². The number of aromatic hydroxyl groups is 1. The fourth-order valence-corrected chi connectivity index (χ4v) is 5.59. The Hall–Kier alpha value is -1.78. The van der Waals surface area contributed by atoms with Crippen LogP contribution in [0.3, 0.4) is 0 Å². The number of carbonyl (C=O) groups is 1. The van der Waals surface area contributed by atoms with E-state index < -0.39 is 0 Å². The highest BCUT2D eigenvalue weighted by atomic mass is 32.2. The Kier molecular flexibility index (Phi) is 4.82. The van der Waals surface area contributed by atoms with Gasteiger partial charge in [-0.3, -0.25) is 9.69 Å². The van der Waals surface area contributed by atoms with Crippen LogP contribution in [-0.4, -0.2) is 40.7 Å². The number of hydrogen-bond donors (Lipinski definition) is 1. The van der Waals surface area contributed by atoms with Crippen LogP contribution in [0.4, 0.5) is 0 Å². The minimum atomic E-state index is 0.148. The maximum absolute atomic E-state index is 12.4. The highest BCUT2D eigenvalue weighted by Gasteiger charge is 2.41. The number of likely N-dealkylation sites (tertiary alicyclic amines) is 1. The molecule has 2 fully saturated rings. The molecule has 1 saturated carbocycles. The number of phenolic OH excluding ortho intramolecular Hbond substituents is 1. The van der Waals surface area contributed by atoms with Gasteiger partial charge in [0.25, 0.3) is 0 Å². The van der Waals surface area contributed by atoms with Crippen LogP contribution in [0.15, 0.2) is 59.5 Å². The average molecular weight is 353 g/mol. The number of benzene rings is 2. The summed E-state index contributed by atoms with van der Waals surface area (Å²) in [6.07, 6.45) is 2.52. The summed E-state index contributed by atoms with van der Waals surface area (Å²) in [4.78, 5) is 16.1. The first-order valence-corrected chi connectivity index (χ1v) is 9.81. The Morgan fingerprint density at radius 3 is 2.28 bits per heavy atom. The Bertz CT molecular complexity index is 717. The second-order valence-corrected chi connectivity index (χ2v) is 8.58. The van der Waals surface area contributed by atoms with Crippen LogP contribution in [0.5, 0.6) is 5.75 Å². The zero-order chi connectivity index (χ0) is 17.2. The summed E-state index contributed by atoms with van der Waals surface area (Å²) in [7, 11) is 0. The maximum Gasteiger partial charge on any atom is 0.176 e. The van der Waals surface area contributed by atoms with Crippen molar-refractivity contribution in [2.24, 2.45) is 11.8 Å². The van der Waals surface area contributed by atoms with Crippen molar-refractivity contribution < 1.29 is 9.90 Å². The van der Waals surface area contributed by atoms with Gasteiger partial charge >= 0.3 is 0 Å². The molecule has 0 bridgehead atoms. The Morgan fingerprint density at radius 1 is 1.00 bits per heavy atom. The highest BCUT2D eigenvalue weighted by molar-refractivity contribution is 8.00. The molecule has 0 aromatic heterocycles. The van der Waals surface area contributed by atoms with Crippen molar-refractivity contribution >= 4 is 17.5 Å². The number of thioether (sulfide) groups is 1. The lowest BCUT2D eigenvalue weighted by atomic mass is 10.0. The van der Waals surface area contributed by atoms with Gasteiger partial charge in [-0.25, -0.2) is 0 Å². The van der Waals surface area contributed by atoms with Crippen LogP contribution in [0, 0.1) is 11.8 Å². The topological polar surface area (TPSA) is 40.5 Å². The van der Waals surface area contributed by atoms with Gasteiger partial charge in [0, 0.05) is 28.8 Å². The SMILES string of the molecule is O=C(CN1CC2CC(Sc3ccccc3)C[C@@H]2C1)c1ccc(O)cc1. The van der Waals surface area contributed by atoms with Crippen molar-refractivity contribution in [1.29, 1.82) is 0 Å². The average Bonchev–Trinajstić information content (AvgIpc) is 3.14. The molecule has 4 rings (SSSR count). The van der Waals surface area contributed by atoms with Gasteiger partial charge in [0.1, 0.15) is 5.75 Å². The van der Waals surface area contributed by atoms with E-state index in [1.165, 1.54) is 17.7 Å². The third kappa shape index (κ3) is 3.91. The number of carbonyl (C=O) groups excluding carboxylic acids is 1. The summed E-state index contributed by atoms with van der Waals surface area (Å²) in [6.45, 7) is 2.58. The van der Waals surface area contributed by atoms with E-state index in [0.717, 1.165) is 24.9 Å². The van der Waals surface area contributed by atoms with Crippen molar-refractivity contribution in [2.45, 2.75) is 23.0 Å². The largest absolute Gasteiger partial charge is 0.508 e. The van der Waals surface area contributed by atoms with Crippen molar-refractivity contribution in [1.82, 2.24) is 4.90 Å². The molecule has 1 N–H and O–H groups in total. The van der Waals surface area contributed by atoms with E-state index in [0.29, 0.717) is 17.4 Å². The van der Waals surface area contributed by atoms with Crippen molar-refractivity contribution in [3.63, 3.8) is 0 Å². The molecular formula is C21H23NO2S. The number of ketones is 1. The summed E-state index contributed by atoms with van der Waals surface area (Å²) >= 11 is 2.01. The monoisotopic (exact) mass is 353 g/mol. The first-order chi connectivity index (χ1) is 12.2. The number of nitrogens with zero attached hydrogens (tertiary/aromatic N) is 1. The van der Waals surface area contributed by atoms with E-state index in [2.05, 4.69) is 35.2 Å². The van der Waals surface area contributed by atoms with Crippen LogP contribution < -0.4 is 0 Å². The van der Waals surface area contributed by atoms with Gasteiger partial charge in [-0.05, 0) is 61.1 Å². The molecule has 2 aliphatic rings. The summed E-state index contributed by atoms with van der Waals surface area (Å²) in [5, 5.41) is 10.1. The third-order valence-electron chi connectivity index (χ3n) is 5.39. The van der Waals surface area contributed by atoms with Crippen LogP contribution in [-0.2, 0) is 0 Å². The molecule has 2 aromatic rings. The summed E-state index contributed by atoms with van der Waals surface area (Å²) in [5.74, 6) is 1.81. The zero-order valence-corrected chi connectivity index (χ0v) is 15.0. The minimum Gasteiger partial charge on any atom is -0.508 e. The van der Waals surface area contributed by atoms with Crippen molar-refractivity contribution in [3.8, 4) is 5.75 Å². The Morgan fingerprint density at radius 2 is 1.64 bits per heavy atom. The summed E-state index contributed by atoms with van der Waals surface area (Å²) in [5.41, 5.74) is 0.687. The smallest absolute Gasteiger partial charge is 0.176 e. The lowest BCUT2D eigenvalue weighted by Gasteiger charge is -2.18. The predicted octanol–water partition coefficient (Wildman–Crippen LogP) is 4.08. The van der Waals surface area contributed by atoms with Gasteiger partial charge in [0.15, 0.2) is 5.78 Å².